The number of hydrogen-bond donors (Lipinski definition) is 2. The zero-order valence-corrected chi connectivity index (χ0v) is 10.9. The number of nitrogens with one attached hydrogen (secondary N) is 1. The fraction of sp³-hybridized carbons (Fsp3) is 0.357. The molecule has 0 saturated carbocycles. The molecule has 0 aliphatic carbocycles. The first-order chi connectivity index (χ1) is 8.70. The second-order valence-corrected chi connectivity index (χ2v) is 4.52. The highest BCUT2D eigenvalue weighted by molar-refractivity contribution is 5.37. The van der Waals surface area contributed by atoms with Gasteiger partial charge in [-0.1, -0.05) is 30.3 Å². The van der Waals surface area contributed by atoms with Crippen LogP contribution in [0.25, 0.3) is 0 Å². The monoisotopic (exact) mass is 244 g/mol. The summed E-state index contributed by atoms with van der Waals surface area (Å²) in [6.07, 6.45) is 0. The Balaban J connectivity index is 2.02. The number of nitrogens with zero attached hydrogens (tertiary/aromatic N) is 2. The molecule has 18 heavy (non-hydrogen) atoms. The van der Waals surface area contributed by atoms with Gasteiger partial charge in [-0.3, -0.25) is 4.68 Å². The average Bonchev–Trinajstić information content (AvgIpc) is 2.70. The molecule has 1 atom stereocenters. The first-order valence-corrected chi connectivity index (χ1v) is 6.20. The van der Waals surface area contributed by atoms with Crippen molar-refractivity contribution >= 4 is 5.82 Å². The van der Waals surface area contributed by atoms with Crippen LogP contribution in [0.1, 0.15) is 17.2 Å². The van der Waals surface area contributed by atoms with Gasteiger partial charge in [-0.05, 0) is 12.5 Å². The molecule has 4 nitrogen and oxygen atoms in total. The lowest BCUT2D eigenvalue weighted by molar-refractivity contribution is 0.710. The van der Waals surface area contributed by atoms with E-state index in [9.17, 15) is 0 Å². The van der Waals surface area contributed by atoms with E-state index in [1.807, 2.05) is 42.9 Å². The van der Waals surface area contributed by atoms with Crippen molar-refractivity contribution in [2.45, 2.75) is 12.8 Å². The number of aromatic nitrogens is 2. The smallest absolute Gasteiger partial charge is 0.124 e. The molecule has 0 spiro atoms. The Morgan fingerprint density at radius 1 is 1.33 bits per heavy atom. The normalized spacial score (nSPS) is 12.4. The maximum atomic E-state index is 5.85. The number of benzene rings is 1. The van der Waals surface area contributed by atoms with Gasteiger partial charge in [0.2, 0.25) is 0 Å². The van der Waals surface area contributed by atoms with Gasteiger partial charge < -0.3 is 11.1 Å². The van der Waals surface area contributed by atoms with E-state index < -0.39 is 0 Å². The molecule has 0 bridgehead atoms. The second kappa shape index (κ2) is 5.69. The maximum Gasteiger partial charge on any atom is 0.124 e. The van der Waals surface area contributed by atoms with E-state index in [0.717, 1.165) is 18.1 Å². The van der Waals surface area contributed by atoms with E-state index in [0.29, 0.717) is 12.5 Å². The van der Waals surface area contributed by atoms with Crippen molar-refractivity contribution in [3.8, 4) is 0 Å². The summed E-state index contributed by atoms with van der Waals surface area (Å²) in [5.41, 5.74) is 8.14. The number of rotatable bonds is 5. The zero-order valence-electron chi connectivity index (χ0n) is 10.9. The van der Waals surface area contributed by atoms with Gasteiger partial charge in [-0.15, -0.1) is 0 Å². The van der Waals surface area contributed by atoms with E-state index in [2.05, 4.69) is 22.5 Å². The Hall–Kier alpha value is -1.81. The molecule has 96 valence electrons. The maximum absolute atomic E-state index is 5.85. The van der Waals surface area contributed by atoms with E-state index in [4.69, 9.17) is 5.73 Å². The third-order valence-electron chi connectivity index (χ3n) is 3.09. The summed E-state index contributed by atoms with van der Waals surface area (Å²) in [5.74, 6) is 1.35. The highest BCUT2D eigenvalue weighted by atomic mass is 15.3. The Kier molecular flexibility index (Phi) is 3.99. The molecule has 0 aliphatic heterocycles. The van der Waals surface area contributed by atoms with Crippen LogP contribution < -0.4 is 11.1 Å². The molecule has 0 fully saturated rings. The Morgan fingerprint density at radius 3 is 2.61 bits per heavy atom. The molecule has 2 aromatic rings. The summed E-state index contributed by atoms with van der Waals surface area (Å²) in [5, 5.41) is 7.71. The van der Waals surface area contributed by atoms with Crippen molar-refractivity contribution in [3.05, 3.63) is 47.7 Å². The highest BCUT2D eigenvalue weighted by Gasteiger charge is 2.10. The average molecular weight is 244 g/mol. The summed E-state index contributed by atoms with van der Waals surface area (Å²) in [6.45, 7) is 3.44. The van der Waals surface area contributed by atoms with Crippen LogP contribution in [-0.4, -0.2) is 22.9 Å². The Morgan fingerprint density at radius 2 is 2.06 bits per heavy atom. The van der Waals surface area contributed by atoms with Crippen LogP contribution in [0.5, 0.6) is 0 Å². The molecule has 0 amide bonds. The Labute approximate surface area is 108 Å². The van der Waals surface area contributed by atoms with Gasteiger partial charge in [0.05, 0.1) is 5.69 Å². The quantitative estimate of drug-likeness (QED) is 0.844. The molecule has 0 radical (unpaired) electrons. The zero-order chi connectivity index (χ0) is 13.0. The van der Waals surface area contributed by atoms with Crippen molar-refractivity contribution in [1.29, 1.82) is 0 Å². The van der Waals surface area contributed by atoms with E-state index in [-0.39, 0.29) is 0 Å². The molecule has 1 unspecified atom stereocenters. The van der Waals surface area contributed by atoms with Gasteiger partial charge in [0.15, 0.2) is 0 Å². The summed E-state index contributed by atoms with van der Waals surface area (Å²) in [6, 6.07) is 12.4. The van der Waals surface area contributed by atoms with Gasteiger partial charge >= 0.3 is 0 Å². The van der Waals surface area contributed by atoms with Crippen molar-refractivity contribution in [3.63, 3.8) is 0 Å². The number of anilines is 1. The van der Waals surface area contributed by atoms with Crippen LogP contribution in [0, 0.1) is 6.92 Å². The second-order valence-electron chi connectivity index (χ2n) is 4.52. The summed E-state index contributed by atoms with van der Waals surface area (Å²) < 4.78 is 1.86. The van der Waals surface area contributed by atoms with Crippen molar-refractivity contribution in [2.24, 2.45) is 12.8 Å². The topological polar surface area (TPSA) is 55.9 Å². The molecular weight excluding hydrogens is 224 g/mol. The van der Waals surface area contributed by atoms with Crippen LogP contribution in [-0.2, 0) is 7.05 Å². The minimum Gasteiger partial charge on any atom is -0.370 e. The predicted molar refractivity (Wildman–Crippen MR) is 74.7 cm³/mol. The van der Waals surface area contributed by atoms with E-state index in [1.54, 1.807) is 0 Å². The fourth-order valence-corrected chi connectivity index (χ4v) is 2.07. The fourth-order valence-electron chi connectivity index (χ4n) is 2.07. The van der Waals surface area contributed by atoms with Crippen LogP contribution in [0.4, 0.5) is 5.82 Å². The Bertz CT molecular complexity index is 490. The molecule has 1 heterocycles. The first kappa shape index (κ1) is 12.6. The summed E-state index contributed by atoms with van der Waals surface area (Å²) >= 11 is 0. The molecule has 1 aromatic carbocycles. The first-order valence-electron chi connectivity index (χ1n) is 6.20. The molecule has 0 saturated heterocycles. The largest absolute Gasteiger partial charge is 0.370 e. The van der Waals surface area contributed by atoms with E-state index >= 15 is 0 Å². The van der Waals surface area contributed by atoms with Crippen molar-refractivity contribution in [1.82, 2.24) is 9.78 Å². The summed E-state index contributed by atoms with van der Waals surface area (Å²) in [7, 11) is 1.94. The van der Waals surface area contributed by atoms with Crippen LogP contribution in [0.3, 0.4) is 0 Å². The molecular formula is C14H20N4. The van der Waals surface area contributed by atoms with Crippen molar-refractivity contribution in [2.75, 3.05) is 18.4 Å². The van der Waals surface area contributed by atoms with Gasteiger partial charge in [-0.2, -0.15) is 5.10 Å². The minimum atomic E-state index is 0.321. The number of nitrogens with two attached hydrogens (primary N) is 1. The molecule has 1 aromatic heterocycles. The lowest BCUT2D eigenvalue weighted by Gasteiger charge is -2.16. The van der Waals surface area contributed by atoms with E-state index in [1.165, 1.54) is 5.56 Å². The van der Waals surface area contributed by atoms with Crippen LogP contribution >= 0.6 is 0 Å². The third kappa shape index (κ3) is 2.90. The van der Waals surface area contributed by atoms with Crippen LogP contribution in [0.15, 0.2) is 36.4 Å². The molecule has 4 heteroatoms. The predicted octanol–water partition coefficient (Wildman–Crippen LogP) is 1.88. The molecule has 2 rings (SSSR count). The lowest BCUT2D eigenvalue weighted by Crippen LogP contribution is -2.21. The summed E-state index contributed by atoms with van der Waals surface area (Å²) in [4.78, 5) is 0. The van der Waals surface area contributed by atoms with Gasteiger partial charge in [0.1, 0.15) is 5.82 Å². The van der Waals surface area contributed by atoms with Gasteiger partial charge in [-0.25, -0.2) is 0 Å². The lowest BCUT2D eigenvalue weighted by atomic mass is 9.99. The standard InChI is InChI=1S/C14H20N4/c1-11-8-14(18(2)17-11)16-10-13(9-15)12-6-4-3-5-7-12/h3-8,13,16H,9-10,15H2,1-2H3. The number of aryl methyl sites for hydroxylation is 2. The number of hydrogen-bond acceptors (Lipinski definition) is 3. The highest BCUT2D eigenvalue weighted by Crippen LogP contribution is 2.16. The third-order valence-corrected chi connectivity index (χ3v) is 3.09. The van der Waals surface area contributed by atoms with Gasteiger partial charge in [0.25, 0.3) is 0 Å². The SMILES string of the molecule is Cc1cc(NCC(CN)c2ccccc2)n(C)n1. The van der Waals surface area contributed by atoms with Gasteiger partial charge in [0, 0.05) is 32.1 Å². The van der Waals surface area contributed by atoms with Crippen molar-refractivity contribution < 1.29 is 0 Å². The van der Waals surface area contributed by atoms with Crippen LogP contribution in [0.2, 0.25) is 0 Å². The molecule has 0 aliphatic rings. The molecule has 3 N–H and O–H groups in total. The minimum absolute atomic E-state index is 0.321.